The molecule has 40 heavy (non-hydrogen) atoms. The normalized spacial score (nSPS) is 14.4. The summed E-state index contributed by atoms with van der Waals surface area (Å²) in [4.78, 5) is 23.7. The zero-order valence-corrected chi connectivity index (χ0v) is 21.3. The fourth-order valence-electron chi connectivity index (χ4n) is 5.22. The van der Waals surface area contributed by atoms with Crippen LogP contribution in [0.15, 0.2) is 79.6 Å². The molecule has 1 amide bonds. The molecule has 0 fully saturated rings. The predicted octanol–water partition coefficient (Wildman–Crippen LogP) is 4.31. The van der Waals surface area contributed by atoms with Crippen LogP contribution in [0.5, 0.6) is 0 Å². The van der Waals surface area contributed by atoms with Gasteiger partial charge in [0.2, 0.25) is 0 Å². The van der Waals surface area contributed by atoms with E-state index in [2.05, 4.69) is 15.1 Å². The number of carbonyl (C=O) groups excluding carboxylic acids is 1. The highest BCUT2D eigenvalue weighted by molar-refractivity contribution is 6.05. The minimum absolute atomic E-state index is 0.0726. The molecule has 0 unspecified atom stereocenters. The number of nitrogens with zero attached hydrogens (tertiary/aromatic N) is 6. The van der Waals surface area contributed by atoms with Gasteiger partial charge in [0.05, 0.1) is 37.2 Å². The Morgan fingerprint density at radius 1 is 0.975 bits per heavy atom. The number of pyridine rings is 1. The van der Waals surface area contributed by atoms with Crippen molar-refractivity contribution in [1.29, 1.82) is 0 Å². The highest BCUT2D eigenvalue weighted by Crippen LogP contribution is 2.38. The van der Waals surface area contributed by atoms with E-state index in [-0.39, 0.29) is 31.0 Å². The Morgan fingerprint density at radius 2 is 1.75 bits per heavy atom. The van der Waals surface area contributed by atoms with Crippen LogP contribution in [0.3, 0.4) is 0 Å². The van der Waals surface area contributed by atoms with Gasteiger partial charge in [0.15, 0.2) is 0 Å². The molecule has 0 bridgehead atoms. The van der Waals surface area contributed by atoms with Gasteiger partial charge < -0.3 is 14.6 Å². The van der Waals surface area contributed by atoms with E-state index >= 15 is 0 Å². The molecular formula is C29H23F3N6O2. The molecule has 3 aromatic heterocycles. The van der Waals surface area contributed by atoms with Crippen molar-refractivity contribution in [2.75, 3.05) is 6.54 Å². The van der Waals surface area contributed by atoms with E-state index in [0.29, 0.717) is 39.7 Å². The number of rotatable bonds is 7. The lowest BCUT2D eigenvalue weighted by molar-refractivity contribution is -0.0150. The van der Waals surface area contributed by atoms with Gasteiger partial charge in [-0.2, -0.15) is 5.10 Å². The molecule has 0 spiro atoms. The van der Waals surface area contributed by atoms with Gasteiger partial charge in [-0.05, 0) is 36.4 Å². The fourth-order valence-corrected chi connectivity index (χ4v) is 5.22. The van der Waals surface area contributed by atoms with E-state index in [0.717, 1.165) is 6.07 Å². The van der Waals surface area contributed by atoms with Gasteiger partial charge in [-0.1, -0.05) is 6.07 Å². The van der Waals surface area contributed by atoms with Crippen LogP contribution in [0.2, 0.25) is 0 Å². The number of hydrogen-bond donors (Lipinski definition) is 1. The van der Waals surface area contributed by atoms with Crippen molar-refractivity contribution in [1.82, 2.24) is 29.2 Å². The van der Waals surface area contributed by atoms with E-state index in [1.165, 1.54) is 35.6 Å². The molecule has 0 aliphatic carbocycles. The fraction of sp³-hybridized carbons (Fsp3) is 0.172. The van der Waals surface area contributed by atoms with Gasteiger partial charge in [-0.15, -0.1) is 0 Å². The lowest BCUT2D eigenvalue weighted by atomic mass is 9.92. The number of imidazole rings is 1. The summed E-state index contributed by atoms with van der Waals surface area (Å²) in [5, 5.41) is 16.4. The monoisotopic (exact) mass is 544 g/mol. The Labute approximate surface area is 227 Å². The Hall–Kier alpha value is -4.77. The van der Waals surface area contributed by atoms with Gasteiger partial charge in [-0.3, -0.25) is 14.5 Å². The highest BCUT2D eigenvalue weighted by Gasteiger charge is 2.41. The summed E-state index contributed by atoms with van der Waals surface area (Å²) in [7, 11) is 1.75. The van der Waals surface area contributed by atoms with E-state index in [4.69, 9.17) is 0 Å². The van der Waals surface area contributed by atoms with Crippen LogP contribution in [0.4, 0.5) is 13.2 Å². The molecule has 5 aromatic rings. The maximum Gasteiger partial charge on any atom is 0.256 e. The summed E-state index contributed by atoms with van der Waals surface area (Å²) in [5.41, 5.74) is 1.23. The van der Waals surface area contributed by atoms with Crippen LogP contribution in [0, 0.1) is 17.5 Å². The molecule has 0 radical (unpaired) electrons. The number of fused-ring (bicyclic) bond motifs is 1. The van der Waals surface area contributed by atoms with E-state index < -0.39 is 23.1 Å². The van der Waals surface area contributed by atoms with Gasteiger partial charge in [0, 0.05) is 60.2 Å². The van der Waals surface area contributed by atoms with Crippen LogP contribution in [-0.4, -0.2) is 46.8 Å². The van der Waals surface area contributed by atoms with Crippen LogP contribution in [-0.2, 0) is 25.7 Å². The Bertz CT molecular complexity index is 1720. The molecule has 11 heteroatoms. The minimum Gasteiger partial charge on any atom is -0.381 e. The maximum atomic E-state index is 15.0. The second-order valence-corrected chi connectivity index (χ2v) is 9.80. The molecule has 0 saturated carbocycles. The van der Waals surface area contributed by atoms with Crippen LogP contribution in [0.25, 0.3) is 22.4 Å². The molecule has 1 atom stereocenters. The van der Waals surface area contributed by atoms with Crippen LogP contribution >= 0.6 is 0 Å². The summed E-state index contributed by atoms with van der Waals surface area (Å²) in [6.45, 7) is -0.350. The standard InChI is InChI=1S/C29H23F3N6O2/c1-36-13-22(27(35-36)18-2-4-19(30)5-3-18)21-8-9-34-25-14-38(28(39)26(21)25)16-29(40,15-37-11-10-33-17-37)23-7-6-20(31)12-24(23)32/h2-13,17,40H,14-16H2,1H3/t29-/m0/s1. The number of benzene rings is 2. The first-order chi connectivity index (χ1) is 19.2. The molecule has 2 aromatic carbocycles. The molecular weight excluding hydrogens is 521 g/mol. The topological polar surface area (TPSA) is 89.1 Å². The molecule has 6 rings (SSSR count). The largest absolute Gasteiger partial charge is 0.381 e. The minimum atomic E-state index is -1.91. The number of aryl methyl sites for hydroxylation is 1. The third kappa shape index (κ3) is 4.54. The first-order valence-corrected chi connectivity index (χ1v) is 12.4. The number of halogens is 3. The zero-order valence-electron chi connectivity index (χ0n) is 21.3. The lowest BCUT2D eigenvalue weighted by Gasteiger charge is -2.33. The first kappa shape index (κ1) is 25.5. The average molecular weight is 545 g/mol. The molecule has 1 N–H and O–H groups in total. The second-order valence-electron chi connectivity index (χ2n) is 9.80. The zero-order chi connectivity index (χ0) is 28.0. The Morgan fingerprint density at radius 3 is 2.48 bits per heavy atom. The van der Waals surface area contributed by atoms with Crippen molar-refractivity contribution in [2.45, 2.75) is 18.7 Å². The van der Waals surface area contributed by atoms with Crippen molar-refractivity contribution in [3.8, 4) is 22.4 Å². The third-order valence-electron chi connectivity index (χ3n) is 7.00. The number of aliphatic hydroxyl groups is 1. The highest BCUT2D eigenvalue weighted by atomic mass is 19.1. The second kappa shape index (κ2) is 9.76. The molecule has 1 aliphatic rings. The van der Waals surface area contributed by atoms with Crippen molar-refractivity contribution in [3.05, 3.63) is 114 Å². The lowest BCUT2D eigenvalue weighted by Crippen LogP contribution is -2.44. The van der Waals surface area contributed by atoms with Crippen molar-refractivity contribution in [3.63, 3.8) is 0 Å². The quantitative estimate of drug-likeness (QED) is 0.330. The van der Waals surface area contributed by atoms with E-state index in [1.54, 1.807) is 53.1 Å². The van der Waals surface area contributed by atoms with Gasteiger partial charge >= 0.3 is 0 Å². The Balaban J connectivity index is 1.38. The average Bonchev–Trinajstić information content (AvgIpc) is 3.64. The predicted molar refractivity (Wildman–Crippen MR) is 139 cm³/mol. The van der Waals surface area contributed by atoms with Gasteiger partial charge in [-0.25, -0.2) is 18.2 Å². The van der Waals surface area contributed by atoms with Crippen LogP contribution in [0.1, 0.15) is 21.6 Å². The number of amides is 1. The molecule has 0 saturated heterocycles. The SMILES string of the molecule is Cn1cc(-c2ccnc3c2C(=O)N(C[C@@](O)(Cn2ccnc2)c2ccc(F)cc2F)C3)c(-c2ccc(F)cc2)n1. The van der Waals surface area contributed by atoms with Crippen molar-refractivity contribution >= 4 is 5.91 Å². The molecule has 202 valence electrons. The third-order valence-corrected chi connectivity index (χ3v) is 7.00. The summed E-state index contributed by atoms with van der Waals surface area (Å²) in [5.74, 6) is -2.49. The molecule has 8 nitrogen and oxygen atoms in total. The van der Waals surface area contributed by atoms with E-state index in [1.807, 2.05) is 0 Å². The van der Waals surface area contributed by atoms with E-state index in [9.17, 15) is 23.1 Å². The summed E-state index contributed by atoms with van der Waals surface area (Å²) >= 11 is 0. The summed E-state index contributed by atoms with van der Waals surface area (Å²) in [6.07, 6.45) is 7.94. The van der Waals surface area contributed by atoms with Gasteiger partial charge in [0.1, 0.15) is 28.7 Å². The summed E-state index contributed by atoms with van der Waals surface area (Å²) in [6, 6.07) is 10.6. The maximum absolute atomic E-state index is 15.0. The van der Waals surface area contributed by atoms with Gasteiger partial charge in [0.25, 0.3) is 5.91 Å². The first-order valence-electron chi connectivity index (χ1n) is 12.4. The number of β-amino-alcohol motifs (C(OH)–C–C–N with tert-alkyl or cyclic N) is 1. The number of carbonyl (C=O) groups is 1. The van der Waals surface area contributed by atoms with Crippen LogP contribution < -0.4 is 0 Å². The van der Waals surface area contributed by atoms with Crippen molar-refractivity contribution in [2.24, 2.45) is 7.05 Å². The molecule has 4 heterocycles. The number of aromatic nitrogens is 5. The molecule has 1 aliphatic heterocycles. The number of hydrogen-bond acceptors (Lipinski definition) is 5. The Kier molecular flexibility index (Phi) is 6.22. The smallest absolute Gasteiger partial charge is 0.256 e. The summed E-state index contributed by atoms with van der Waals surface area (Å²) < 4.78 is 45.4. The van der Waals surface area contributed by atoms with Crippen molar-refractivity contribution < 1.29 is 23.1 Å².